The summed E-state index contributed by atoms with van der Waals surface area (Å²) in [5.41, 5.74) is 0.831. The maximum atomic E-state index is 12.2. The lowest BCUT2D eigenvalue weighted by Crippen LogP contribution is -2.53. The third-order valence-electron chi connectivity index (χ3n) is 3.45. The van der Waals surface area contributed by atoms with Gasteiger partial charge < -0.3 is 4.90 Å². The number of fused-ring (bicyclic) bond motifs is 1. The molecule has 0 bridgehead atoms. The first-order valence-electron chi connectivity index (χ1n) is 5.81. The molecule has 2 unspecified atom stereocenters. The van der Waals surface area contributed by atoms with Crippen LogP contribution in [0, 0.1) is 0 Å². The number of pyridine rings is 1. The Labute approximate surface area is 94.7 Å². The van der Waals surface area contributed by atoms with Crippen LogP contribution in [-0.2, 0) is 4.79 Å². The van der Waals surface area contributed by atoms with E-state index in [0.717, 1.165) is 31.6 Å². The Morgan fingerprint density at radius 1 is 1.44 bits per heavy atom. The fourth-order valence-corrected chi connectivity index (χ4v) is 2.62. The molecule has 2 atom stereocenters. The predicted octanol–water partition coefficient (Wildman–Crippen LogP) is 0.717. The van der Waals surface area contributed by atoms with E-state index in [1.54, 1.807) is 6.20 Å². The summed E-state index contributed by atoms with van der Waals surface area (Å²) in [5.74, 6) is 0.187. The molecule has 0 spiro atoms. The summed E-state index contributed by atoms with van der Waals surface area (Å²) in [6.45, 7) is 1.81. The molecule has 3 heterocycles. The van der Waals surface area contributed by atoms with Gasteiger partial charge in [0, 0.05) is 25.3 Å². The fraction of sp³-hybridized carbons (Fsp3) is 0.500. The molecule has 1 amide bonds. The van der Waals surface area contributed by atoms with Gasteiger partial charge in [-0.3, -0.25) is 15.1 Å². The van der Waals surface area contributed by atoms with Crippen LogP contribution < -0.4 is 5.32 Å². The fourth-order valence-electron chi connectivity index (χ4n) is 2.62. The molecule has 0 saturated carbocycles. The highest BCUT2D eigenvalue weighted by atomic mass is 16.2. The SMILES string of the molecule is O=C1C(c2ccccn2)NCC2CCCN12. The summed E-state index contributed by atoms with van der Waals surface area (Å²) in [7, 11) is 0. The zero-order valence-electron chi connectivity index (χ0n) is 9.10. The van der Waals surface area contributed by atoms with Crippen molar-refractivity contribution in [2.45, 2.75) is 24.9 Å². The average Bonchev–Trinajstić information content (AvgIpc) is 2.80. The van der Waals surface area contributed by atoms with Gasteiger partial charge in [0.1, 0.15) is 6.04 Å². The lowest BCUT2D eigenvalue weighted by molar-refractivity contribution is -0.137. The summed E-state index contributed by atoms with van der Waals surface area (Å²) in [6.07, 6.45) is 4.00. The normalized spacial score (nSPS) is 29.2. The van der Waals surface area contributed by atoms with Crippen molar-refractivity contribution >= 4 is 5.91 Å². The summed E-state index contributed by atoms with van der Waals surface area (Å²) >= 11 is 0. The molecule has 3 rings (SSSR count). The Morgan fingerprint density at radius 3 is 3.19 bits per heavy atom. The molecule has 84 valence electrons. The molecule has 0 aliphatic carbocycles. The van der Waals surface area contributed by atoms with E-state index in [4.69, 9.17) is 0 Å². The van der Waals surface area contributed by atoms with Crippen molar-refractivity contribution in [3.63, 3.8) is 0 Å². The van der Waals surface area contributed by atoms with E-state index in [2.05, 4.69) is 10.3 Å². The van der Waals surface area contributed by atoms with E-state index in [-0.39, 0.29) is 11.9 Å². The quantitative estimate of drug-likeness (QED) is 0.753. The molecule has 2 aliphatic heterocycles. The first-order valence-corrected chi connectivity index (χ1v) is 5.81. The average molecular weight is 217 g/mol. The van der Waals surface area contributed by atoms with Gasteiger partial charge in [-0.2, -0.15) is 0 Å². The van der Waals surface area contributed by atoms with Gasteiger partial charge in [-0.25, -0.2) is 0 Å². The third-order valence-corrected chi connectivity index (χ3v) is 3.45. The molecular formula is C12H15N3O. The van der Waals surface area contributed by atoms with Gasteiger partial charge in [0.2, 0.25) is 5.91 Å². The van der Waals surface area contributed by atoms with Crippen LogP contribution in [0.5, 0.6) is 0 Å². The maximum absolute atomic E-state index is 12.2. The number of carbonyl (C=O) groups excluding carboxylic acids is 1. The number of piperazine rings is 1. The Morgan fingerprint density at radius 2 is 2.38 bits per heavy atom. The van der Waals surface area contributed by atoms with Gasteiger partial charge in [-0.1, -0.05) is 6.07 Å². The zero-order valence-corrected chi connectivity index (χ0v) is 9.10. The molecule has 0 aromatic carbocycles. The van der Waals surface area contributed by atoms with Crippen molar-refractivity contribution in [3.8, 4) is 0 Å². The number of nitrogens with zero attached hydrogens (tertiary/aromatic N) is 2. The standard InChI is InChI=1S/C12H15N3O/c16-12-11(10-5-1-2-6-13-10)14-8-9-4-3-7-15(9)12/h1-2,5-6,9,11,14H,3-4,7-8H2. The minimum absolute atomic E-state index is 0.187. The number of carbonyl (C=O) groups is 1. The highest BCUT2D eigenvalue weighted by Crippen LogP contribution is 2.26. The Bertz CT molecular complexity index is 393. The van der Waals surface area contributed by atoms with Gasteiger partial charge in [-0.15, -0.1) is 0 Å². The third kappa shape index (κ3) is 1.50. The summed E-state index contributed by atoms with van der Waals surface area (Å²) in [5, 5.41) is 3.30. The summed E-state index contributed by atoms with van der Waals surface area (Å²) in [4.78, 5) is 18.5. The van der Waals surface area contributed by atoms with Crippen LogP contribution in [0.3, 0.4) is 0 Å². The van der Waals surface area contributed by atoms with Crippen LogP contribution in [0.2, 0.25) is 0 Å². The van der Waals surface area contributed by atoms with Crippen LogP contribution >= 0.6 is 0 Å². The van der Waals surface area contributed by atoms with Crippen LogP contribution in [0.4, 0.5) is 0 Å². The first kappa shape index (κ1) is 9.78. The number of hydrogen-bond acceptors (Lipinski definition) is 3. The van der Waals surface area contributed by atoms with Gasteiger partial charge in [0.25, 0.3) is 0 Å². The van der Waals surface area contributed by atoms with Gasteiger partial charge in [0.05, 0.1) is 5.69 Å². The molecule has 4 heteroatoms. The first-order chi connectivity index (χ1) is 7.86. The van der Waals surface area contributed by atoms with Crippen LogP contribution in [-0.4, -0.2) is 34.9 Å². The van der Waals surface area contributed by atoms with Crippen LogP contribution in [0.25, 0.3) is 0 Å². The Hall–Kier alpha value is -1.42. The Balaban J connectivity index is 1.85. The molecule has 2 saturated heterocycles. The van der Waals surface area contributed by atoms with Crippen molar-refractivity contribution < 1.29 is 4.79 Å². The van der Waals surface area contributed by atoms with E-state index in [0.29, 0.717) is 6.04 Å². The highest BCUT2D eigenvalue weighted by molar-refractivity contribution is 5.84. The largest absolute Gasteiger partial charge is 0.337 e. The lowest BCUT2D eigenvalue weighted by atomic mass is 10.1. The second-order valence-corrected chi connectivity index (χ2v) is 4.42. The van der Waals surface area contributed by atoms with Crippen LogP contribution in [0.15, 0.2) is 24.4 Å². The van der Waals surface area contributed by atoms with Crippen molar-refractivity contribution in [1.82, 2.24) is 15.2 Å². The summed E-state index contributed by atoms with van der Waals surface area (Å²) in [6, 6.07) is 5.87. The minimum atomic E-state index is -0.240. The number of nitrogens with one attached hydrogen (secondary N) is 1. The van der Waals surface area contributed by atoms with E-state index >= 15 is 0 Å². The van der Waals surface area contributed by atoms with E-state index < -0.39 is 0 Å². The number of rotatable bonds is 1. The number of hydrogen-bond donors (Lipinski definition) is 1. The molecule has 2 fully saturated rings. The van der Waals surface area contributed by atoms with Crippen molar-refractivity contribution in [1.29, 1.82) is 0 Å². The van der Waals surface area contributed by atoms with E-state index in [9.17, 15) is 4.79 Å². The Kier molecular flexibility index (Phi) is 2.36. The second-order valence-electron chi connectivity index (χ2n) is 4.42. The lowest BCUT2D eigenvalue weighted by Gasteiger charge is -2.35. The molecule has 16 heavy (non-hydrogen) atoms. The minimum Gasteiger partial charge on any atom is -0.337 e. The second kappa shape index (κ2) is 3.87. The zero-order chi connectivity index (χ0) is 11.0. The van der Waals surface area contributed by atoms with Crippen molar-refractivity contribution in [2.75, 3.05) is 13.1 Å². The predicted molar refractivity (Wildman–Crippen MR) is 59.7 cm³/mol. The molecule has 1 aromatic heterocycles. The van der Waals surface area contributed by atoms with Gasteiger partial charge >= 0.3 is 0 Å². The molecule has 2 aliphatic rings. The number of amides is 1. The molecule has 4 nitrogen and oxygen atoms in total. The van der Waals surface area contributed by atoms with Gasteiger partial charge in [-0.05, 0) is 25.0 Å². The molecule has 1 N–H and O–H groups in total. The van der Waals surface area contributed by atoms with Crippen LogP contribution in [0.1, 0.15) is 24.6 Å². The van der Waals surface area contributed by atoms with E-state index in [1.165, 1.54) is 0 Å². The number of aromatic nitrogens is 1. The smallest absolute Gasteiger partial charge is 0.246 e. The molecular weight excluding hydrogens is 202 g/mol. The topological polar surface area (TPSA) is 45.2 Å². The highest BCUT2D eigenvalue weighted by Gasteiger charge is 2.38. The maximum Gasteiger partial charge on any atom is 0.246 e. The monoisotopic (exact) mass is 217 g/mol. The van der Waals surface area contributed by atoms with Gasteiger partial charge in [0.15, 0.2) is 0 Å². The van der Waals surface area contributed by atoms with Crippen molar-refractivity contribution in [3.05, 3.63) is 30.1 Å². The summed E-state index contributed by atoms with van der Waals surface area (Å²) < 4.78 is 0. The molecule has 1 aromatic rings. The van der Waals surface area contributed by atoms with E-state index in [1.807, 2.05) is 23.1 Å². The molecule has 0 radical (unpaired) electrons. The van der Waals surface area contributed by atoms with Crippen molar-refractivity contribution in [2.24, 2.45) is 0 Å².